The first-order valence-electron chi connectivity index (χ1n) is 9.27. The normalized spacial score (nSPS) is 17.2. The Morgan fingerprint density at radius 1 is 1.23 bits per heavy atom. The van der Waals surface area contributed by atoms with Crippen LogP contribution in [-0.2, 0) is 9.59 Å². The summed E-state index contributed by atoms with van der Waals surface area (Å²) in [7, 11) is 1.50. The highest BCUT2D eigenvalue weighted by molar-refractivity contribution is 6.31. The van der Waals surface area contributed by atoms with Crippen LogP contribution in [0.3, 0.4) is 0 Å². The molecule has 2 atom stereocenters. The van der Waals surface area contributed by atoms with Crippen LogP contribution in [0.25, 0.3) is 0 Å². The Kier molecular flexibility index (Phi) is 6.77. The summed E-state index contributed by atoms with van der Waals surface area (Å²) in [6, 6.07) is 10.6. The summed E-state index contributed by atoms with van der Waals surface area (Å²) < 4.78 is 34.1. The number of nitrogens with zero attached hydrogens (tertiary/aromatic N) is 1. The standard InChI is InChI=1S/C21H21ClF2N2O4/c1-12(13-3-6-16(7-4-13)30-21(23)24)25-20(28)14-9-19(27)26(11-14)17-10-15(22)5-8-18(17)29-2/h3-8,10,12,14,21H,9,11H2,1-2H3,(H,25,28)/t12-,14+/m1/s1. The maximum absolute atomic E-state index is 12.7. The summed E-state index contributed by atoms with van der Waals surface area (Å²) in [6.07, 6.45) is 0.0649. The molecule has 1 fully saturated rings. The molecule has 2 amide bonds. The molecule has 0 unspecified atom stereocenters. The number of rotatable bonds is 7. The number of anilines is 1. The van der Waals surface area contributed by atoms with Gasteiger partial charge in [-0.1, -0.05) is 23.7 Å². The van der Waals surface area contributed by atoms with Gasteiger partial charge in [0.25, 0.3) is 0 Å². The average molecular weight is 439 g/mol. The second-order valence-electron chi connectivity index (χ2n) is 6.90. The van der Waals surface area contributed by atoms with E-state index in [1.165, 1.54) is 24.1 Å². The summed E-state index contributed by atoms with van der Waals surface area (Å²) in [5.41, 5.74) is 1.25. The molecule has 0 aromatic heterocycles. The van der Waals surface area contributed by atoms with Gasteiger partial charge in [-0.25, -0.2) is 0 Å². The lowest BCUT2D eigenvalue weighted by Crippen LogP contribution is -2.34. The number of amides is 2. The number of ether oxygens (including phenoxy) is 2. The van der Waals surface area contributed by atoms with Crippen LogP contribution in [0.5, 0.6) is 11.5 Å². The molecule has 2 aromatic rings. The molecule has 1 aliphatic rings. The first-order chi connectivity index (χ1) is 14.3. The molecule has 160 valence electrons. The molecule has 0 radical (unpaired) electrons. The Morgan fingerprint density at radius 3 is 2.57 bits per heavy atom. The predicted octanol–water partition coefficient (Wildman–Crippen LogP) is 4.18. The van der Waals surface area contributed by atoms with E-state index in [9.17, 15) is 18.4 Å². The van der Waals surface area contributed by atoms with E-state index in [0.29, 0.717) is 16.5 Å². The molecule has 9 heteroatoms. The molecule has 3 rings (SSSR count). The predicted molar refractivity (Wildman–Crippen MR) is 108 cm³/mol. The quantitative estimate of drug-likeness (QED) is 0.704. The van der Waals surface area contributed by atoms with Crippen molar-refractivity contribution in [1.82, 2.24) is 5.32 Å². The number of carbonyl (C=O) groups excluding carboxylic acids is 2. The van der Waals surface area contributed by atoms with Gasteiger partial charge in [0.1, 0.15) is 11.5 Å². The van der Waals surface area contributed by atoms with Gasteiger partial charge in [-0.3, -0.25) is 9.59 Å². The summed E-state index contributed by atoms with van der Waals surface area (Å²) >= 11 is 6.05. The molecule has 0 spiro atoms. The van der Waals surface area contributed by atoms with E-state index in [2.05, 4.69) is 10.1 Å². The van der Waals surface area contributed by atoms with Gasteiger partial charge in [0.05, 0.1) is 24.8 Å². The van der Waals surface area contributed by atoms with Crippen molar-refractivity contribution in [2.24, 2.45) is 5.92 Å². The van der Waals surface area contributed by atoms with Crippen LogP contribution < -0.4 is 19.7 Å². The topological polar surface area (TPSA) is 67.9 Å². The molecule has 30 heavy (non-hydrogen) atoms. The van der Waals surface area contributed by atoms with Crippen molar-refractivity contribution in [3.05, 3.63) is 53.1 Å². The van der Waals surface area contributed by atoms with Gasteiger partial charge in [-0.2, -0.15) is 8.78 Å². The molecule has 1 saturated heterocycles. The number of methoxy groups -OCH3 is 1. The molecule has 0 bridgehead atoms. The Hall–Kier alpha value is -2.87. The van der Waals surface area contributed by atoms with E-state index in [-0.39, 0.29) is 36.6 Å². The molecule has 6 nitrogen and oxygen atoms in total. The monoisotopic (exact) mass is 438 g/mol. The van der Waals surface area contributed by atoms with Crippen LogP contribution in [0.1, 0.15) is 24.9 Å². The fraction of sp³-hybridized carbons (Fsp3) is 0.333. The van der Waals surface area contributed by atoms with Crippen molar-refractivity contribution in [2.45, 2.75) is 26.0 Å². The highest BCUT2D eigenvalue weighted by Gasteiger charge is 2.36. The van der Waals surface area contributed by atoms with Crippen LogP contribution in [0.15, 0.2) is 42.5 Å². The Balaban J connectivity index is 1.65. The number of hydrogen-bond donors (Lipinski definition) is 1. The Bertz CT molecular complexity index is 924. The lowest BCUT2D eigenvalue weighted by atomic mass is 10.0. The summed E-state index contributed by atoms with van der Waals surface area (Å²) in [4.78, 5) is 26.7. The number of benzene rings is 2. The van der Waals surface area contributed by atoms with Crippen LogP contribution in [-0.4, -0.2) is 32.1 Å². The van der Waals surface area contributed by atoms with Crippen LogP contribution in [0.4, 0.5) is 14.5 Å². The molecule has 1 N–H and O–H groups in total. The van der Waals surface area contributed by atoms with Crippen molar-refractivity contribution in [2.75, 3.05) is 18.6 Å². The van der Waals surface area contributed by atoms with Crippen molar-refractivity contribution in [3.63, 3.8) is 0 Å². The van der Waals surface area contributed by atoms with Gasteiger partial charge in [0.15, 0.2) is 0 Å². The van der Waals surface area contributed by atoms with Crippen molar-refractivity contribution in [1.29, 1.82) is 0 Å². The fourth-order valence-electron chi connectivity index (χ4n) is 3.34. The largest absolute Gasteiger partial charge is 0.495 e. The second kappa shape index (κ2) is 9.30. The zero-order chi connectivity index (χ0) is 21.8. The van der Waals surface area contributed by atoms with Crippen LogP contribution >= 0.6 is 11.6 Å². The zero-order valence-electron chi connectivity index (χ0n) is 16.4. The first kappa shape index (κ1) is 21.8. The average Bonchev–Trinajstić information content (AvgIpc) is 3.09. The smallest absolute Gasteiger partial charge is 0.387 e. The number of alkyl halides is 2. The lowest BCUT2D eigenvalue weighted by Gasteiger charge is -2.21. The van der Waals surface area contributed by atoms with Crippen molar-refractivity contribution >= 4 is 29.1 Å². The third-order valence-electron chi connectivity index (χ3n) is 4.89. The molecule has 0 saturated carbocycles. The van der Waals surface area contributed by atoms with E-state index >= 15 is 0 Å². The molecule has 2 aromatic carbocycles. The van der Waals surface area contributed by atoms with Crippen molar-refractivity contribution in [3.8, 4) is 11.5 Å². The number of hydrogen-bond acceptors (Lipinski definition) is 4. The van der Waals surface area contributed by atoms with E-state index in [1.807, 2.05) is 0 Å². The maximum Gasteiger partial charge on any atom is 0.387 e. The van der Waals surface area contributed by atoms with E-state index in [4.69, 9.17) is 16.3 Å². The van der Waals surface area contributed by atoms with E-state index < -0.39 is 12.5 Å². The summed E-state index contributed by atoms with van der Waals surface area (Å²) in [5, 5.41) is 3.32. The van der Waals surface area contributed by atoms with Gasteiger partial charge < -0.3 is 19.7 Å². The van der Waals surface area contributed by atoms with Gasteiger partial charge in [0, 0.05) is 18.0 Å². The minimum Gasteiger partial charge on any atom is -0.495 e. The highest BCUT2D eigenvalue weighted by Crippen LogP contribution is 2.35. The number of halogens is 3. The van der Waals surface area contributed by atoms with Gasteiger partial charge in [-0.05, 0) is 42.8 Å². The Labute approximate surface area is 177 Å². The third-order valence-corrected chi connectivity index (χ3v) is 5.13. The summed E-state index contributed by atoms with van der Waals surface area (Å²) in [6.45, 7) is -0.918. The fourth-order valence-corrected chi connectivity index (χ4v) is 3.51. The second-order valence-corrected chi connectivity index (χ2v) is 7.34. The molecule has 1 heterocycles. The van der Waals surface area contributed by atoms with Gasteiger partial charge in [-0.15, -0.1) is 0 Å². The van der Waals surface area contributed by atoms with Gasteiger partial charge in [0.2, 0.25) is 11.8 Å². The third kappa shape index (κ3) is 4.99. The van der Waals surface area contributed by atoms with E-state index in [0.717, 1.165) is 5.56 Å². The minimum atomic E-state index is -2.89. The van der Waals surface area contributed by atoms with E-state index in [1.54, 1.807) is 37.3 Å². The van der Waals surface area contributed by atoms with Crippen LogP contribution in [0.2, 0.25) is 5.02 Å². The number of nitrogens with one attached hydrogen (secondary N) is 1. The molecular weight excluding hydrogens is 418 g/mol. The minimum absolute atomic E-state index is 0.0415. The maximum atomic E-state index is 12.7. The molecular formula is C21H21ClF2N2O4. The SMILES string of the molecule is COc1ccc(Cl)cc1N1C[C@@H](C(=O)N[C@H](C)c2ccc(OC(F)F)cc2)CC1=O. The number of carbonyl (C=O) groups is 2. The Morgan fingerprint density at radius 2 is 1.93 bits per heavy atom. The van der Waals surface area contributed by atoms with Gasteiger partial charge >= 0.3 is 6.61 Å². The summed E-state index contributed by atoms with van der Waals surface area (Å²) in [5.74, 6) is -0.470. The zero-order valence-corrected chi connectivity index (χ0v) is 17.2. The molecule has 0 aliphatic carbocycles. The van der Waals surface area contributed by atoms with Crippen LogP contribution in [0, 0.1) is 5.92 Å². The van der Waals surface area contributed by atoms with Crippen molar-refractivity contribution < 1.29 is 27.8 Å². The first-order valence-corrected chi connectivity index (χ1v) is 9.65. The lowest BCUT2D eigenvalue weighted by molar-refractivity contribution is -0.126. The molecule has 1 aliphatic heterocycles. The highest BCUT2D eigenvalue weighted by atomic mass is 35.5.